The summed E-state index contributed by atoms with van der Waals surface area (Å²) in [5.74, 6) is 0.224. The highest BCUT2D eigenvalue weighted by Gasteiger charge is 2.18. The van der Waals surface area contributed by atoms with Gasteiger partial charge in [0.05, 0.1) is 11.9 Å². The lowest BCUT2D eigenvalue weighted by molar-refractivity contribution is 0.111. The molecule has 0 bridgehead atoms. The molecule has 0 aliphatic carbocycles. The molecule has 0 unspecified atom stereocenters. The second-order valence-electron chi connectivity index (χ2n) is 6.86. The minimum absolute atomic E-state index is 0.224. The minimum Gasteiger partial charge on any atom is -0.475 e. The lowest BCUT2D eigenvalue weighted by Crippen LogP contribution is -2.23. The molecule has 0 atom stereocenters. The summed E-state index contributed by atoms with van der Waals surface area (Å²) in [6.07, 6.45) is 1.92. The highest BCUT2D eigenvalue weighted by molar-refractivity contribution is 5.72. The van der Waals surface area contributed by atoms with E-state index in [2.05, 4.69) is 0 Å². The summed E-state index contributed by atoms with van der Waals surface area (Å²) in [6.45, 7) is 1.32. The van der Waals surface area contributed by atoms with E-state index < -0.39 is 6.10 Å². The SMILES string of the molecule is CN(C)CCn1cc(OC(c2ccccc2)c2ccccc2)c(=O)cc1C=O. The lowest BCUT2D eigenvalue weighted by Gasteiger charge is -2.21. The van der Waals surface area contributed by atoms with Gasteiger partial charge < -0.3 is 14.2 Å². The van der Waals surface area contributed by atoms with Gasteiger partial charge in [0.15, 0.2) is 12.0 Å². The van der Waals surface area contributed by atoms with Crippen molar-refractivity contribution in [2.75, 3.05) is 20.6 Å². The molecule has 2 aromatic carbocycles. The van der Waals surface area contributed by atoms with Gasteiger partial charge in [-0.05, 0) is 25.2 Å². The van der Waals surface area contributed by atoms with E-state index in [-0.39, 0.29) is 11.2 Å². The number of hydrogen-bond acceptors (Lipinski definition) is 4. The van der Waals surface area contributed by atoms with Crippen LogP contribution in [0.4, 0.5) is 0 Å². The van der Waals surface area contributed by atoms with Crippen LogP contribution in [0.3, 0.4) is 0 Å². The summed E-state index contributed by atoms with van der Waals surface area (Å²) in [6, 6.07) is 20.9. The molecule has 1 aromatic heterocycles. The van der Waals surface area contributed by atoms with E-state index in [4.69, 9.17) is 4.74 Å². The second-order valence-corrected chi connectivity index (χ2v) is 6.86. The molecular formula is C23H24N2O3. The third-order valence-corrected chi connectivity index (χ3v) is 4.48. The van der Waals surface area contributed by atoms with E-state index in [1.165, 1.54) is 6.07 Å². The maximum Gasteiger partial charge on any atom is 0.224 e. The van der Waals surface area contributed by atoms with Crippen molar-refractivity contribution >= 4 is 6.29 Å². The topological polar surface area (TPSA) is 51.5 Å². The van der Waals surface area contributed by atoms with E-state index in [1.807, 2.05) is 79.7 Å². The van der Waals surface area contributed by atoms with Crippen LogP contribution in [0.2, 0.25) is 0 Å². The Kier molecular flexibility index (Phi) is 6.40. The predicted molar refractivity (Wildman–Crippen MR) is 110 cm³/mol. The van der Waals surface area contributed by atoms with Crippen molar-refractivity contribution in [3.63, 3.8) is 0 Å². The fourth-order valence-electron chi connectivity index (χ4n) is 2.97. The van der Waals surface area contributed by atoms with Gasteiger partial charge in [-0.25, -0.2) is 0 Å². The maximum atomic E-state index is 12.6. The van der Waals surface area contributed by atoms with Crippen LogP contribution in [-0.2, 0) is 6.54 Å². The summed E-state index contributed by atoms with van der Waals surface area (Å²) in [7, 11) is 3.92. The Labute approximate surface area is 164 Å². The summed E-state index contributed by atoms with van der Waals surface area (Å²) in [4.78, 5) is 26.0. The van der Waals surface area contributed by atoms with Gasteiger partial charge in [0.25, 0.3) is 0 Å². The summed E-state index contributed by atoms with van der Waals surface area (Å²) in [5, 5.41) is 0. The van der Waals surface area contributed by atoms with Gasteiger partial charge in [-0.2, -0.15) is 0 Å². The Hall–Kier alpha value is -3.18. The number of likely N-dealkylation sites (N-methyl/N-ethyl adjacent to an activating group) is 1. The van der Waals surface area contributed by atoms with Crippen LogP contribution in [-0.4, -0.2) is 36.4 Å². The fraction of sp³-hybridized carbons (Fsp3) is 0.217. The zero-order valence-electron chi connectivity index (χ0n) is 16.1. The zero-order chi connectivity index (χ0) is 19.9. The molecule has 28 heavy (non-hydrogen) atoms. The lowest BCUT2D eigenvalue weighted by atomic mass is 10.0. The molecular weight excluding hydrogens is 352 g/mol. The van der Waals surface area contributed by atoms with E-state index in [1.54, 1.807) is 10.8 Å². The minimum atomic E-state index is -0.417. The van der Waals surface area contributed by atoms with Gasteiger partial charge in [-0.3, -0.25) is 9.59 Å². The molecule has 0 saturated carbocycles. The van der Waals surface area contributed by atoms with Crippen molar-refractivity contribution in [3.8, 4) is 5.75 Å². The van der Waals surface area contributed by atoms with Crippen LogP contribution >= 0.6 is 0 Å². The van der Waals surface area contributed by atoms with E-state index in [9.17, 15) is 9.59 Å². The van der Waals surface area contributed by atoms with Crippen LogP contribution in [0.5, 0.6) is 5.75 Å². The molecule has 0 radical (unpaired) electrons. The number of aromatic nitrogens is 1. The summed E-state index contributed by atoms with van der Waals surface area (Å²) < 4.78 is 7.96. The first-order chi connectivity index (χ1) is 13.6. The van der Waals surface area contributed by atoms with Crippen molar-refractivity contribution < 1.29 is 9.53 Å². The fourth-order valence-corrected chi connectivity index (χ4v) is 2.97. The Balaban J connectivity index is 1.99. The van der Waals surface area contributed by atoms with Gasteiger partial charge >= 0.3 is 0 Å². The third-order valence-electron chi connectivity index (χ3n) is 4.48. The molecule has 0 aliphatic heterocycles. The van der Waals surface area contributed by atoms with E-state index in [0.29, 0.717) is 18.5 Å². The smallest absolute Gasteiger partial charge is 0.224 e. The van der Waals surface area contributed by atoms with Crippen molar-refractivity contribution in [3.05, 3.63) is 100.0 Å². The molecule has 5 nitrogen and oxygen atoms in total. The zero-order valence-corrected chi connectivity index (χ0v) is 16.1. The third kappa shape index (κ3) is 4.75. The number of carbonyl (C=O) groups excluding carboxylic acids is 1. The van der Waals surface area contributed by atoms with Gasteiger partial charge in [0.2, 0.25) is 5.43 Å². The monoisotopic (exact) mass is 376 g/mol. The Morgan fingerprint density at radius 2 is 1.57 bits per heavy atom. The molecule has 3 aromatic rings. The molecule has 0 amide bonds. The van der Waals surface area contributed by atoms with Crippen molar-refractivity contribution in [1.29, 1.82) is 0 Å². The number of benzene rings is 2. The summed E-state index contributed by atoms with van der Waals surface area (Å²) in [5.41, 5.74) is 1.94. The highest BCUT2D eigenvalue weighted by Crippen LogP contribution is 2.27. The molecule has 0 N–H and O–H groups in total. The molecule has 1 heterocycles. The number of carbonyl (C=O) groups is 1. The first-order valence-electron chi connectivity index (χ1n) is 9.19. The first kappa shape index (κ1) is 19.6. The Bertz CT molecular complexity index is 927. The van der Waals surface area contributed by atoms with Gasteiger partial charge in [-0.1, -0.05) is 60.7 Å². The van der Waals surface area contributed by atoms with E-state index in [0.717, 1.165) is 17.7 Å². The number of rotatable bonds is 8. The normalized spacial score (nSPS) is 11.0. The van der Waals surface area contributed by atoms with Crippen LogP contribution in [0.1, 0.15) is 27.7 Å². The maximum absolute atomic E-state index is 12.6. The predicted octanol–water partition coefficient (Wildman–Crippen LogP) is 3.39. The largest absolute Gasteiger partial charge is 0.475 e. The number of aldehydes is 1. The molecule has 0 fully saturated rings. The standard InChI is InChI=1S/C23H24N2O3/c1-24(2)13-14-25-16-22(21(27)15-20(25)17-26)28-23(18-9-5-3-6-10-18)19-11-7-4-8-12-19/h3-12,15-17,23H,13-14H2,1-2H3. The molecule has 0 saturated heterocycles. The first-order valence-corrected chi connectivity index (χ1v) is 9.19. The Morgan fingerprint density at radius 1 is 1.00 bits per heavy atom. The second kappa shape index (κ2) is 9.15. The number of nitrogens with zero attached hydrogens (tertiary/aromatic N) is 2. The van der Waals surface area contributed by atoms with Crippen LogP contribution in [0.25, 0.3) is 0 Å². The van der Waals surface area contributed by atoms with Crippen LogP contribution in [0, 0.1) is 0 Å². The molecule has 5 heteroatoms. The average molecular weight is 376 g/mol. The van der Waals surface area contributed by atoms with Crippen molar-refractivity contribution in [2.24, 2.45) is 0 Å². The van der Waals surface area contributed by atoms with Crippen LogP contribution in [0.15, 0.2) is 77.7 Å². The average Bonchev–Trinajstić information content (AvgIpc) is 2.72. The number of ether oxygens (including phenoxy) is 1. The van der Waals surface area contributed by atoms with Gasteiger partial charge in [0.1, 0.15) is 6.10 Å². The number of pyridine rings is 1. The highest BCUT2D eigenvalue weighted by atomic mass is 16.5. The van der Waals surface area contributed by atoms with Gasteiger partial charge in [0, 0.05) is 19.2 Å². The van der Waals surface area contributed by atoms with E-state index >= 15 is 0 Å². The Morgan fingerprint density at radius 3 is 2.07 bits per heavy atom. The summed E-state index contributed by atoms with van der Waals surface area (Å²) >= 11 is 0. The molecule has 144 valence electrons. The van der Waals surface area contributed by atoms with Crippen LogP contribution < -0.4 is 10.2 Å². The quantitative estimate of drug-likeness (QED) is 0.566. The molecule has 0 aliphatic rings. The van der Waals surface area contributed by atoms with Crippen molar-refractivity contribution in [2.45, 2.75) is 12.6 Å². The number of hydrogen-bond donors (Lipinski definition) is 0. The van der Waals surface area contributed by atoms with Gasteiger partial charge in [-0.15, -0.1) is 0 Å². The molecule has 0 spiro atoms. The van der Waals surface area contributed by atoms with Crippen molar-refractivity contribution in [1.82, 2.24) is 9.47 Å². The molecule has 3 rings (SSSR count).